The summed E-state index contributed by atoms with van der Waals surface area (Å²) in [6, 6.07) is 9.03. The summed E-state index contributed by atoms with van der Waals surface area (Å²) in [5.74, 6) is 1.94. The molecule has 1 rings (SSSR count). The number of nitrogens with one attached hydrogen (secondary N) is 1. The van der Waals surface area contributed by atoms with E-state index in [1.165, 1.54) is 29.7 Å². The molecule has 0 aliphatic carbocycles. The molecule has 17 heavy (non-hydrogen) atoms. The molecule has 96 valence electrons. The van der Waals surface area contributed by atoms with Crippen molar-refractivity contribution in [2.45, 2.75) is 32.6 Å². The Morgan fingerprint density at radius 2 is 1.94 bits per heavy atom. The standard InChI is InChI=1S/C15H25NS/c1-4-16-12-15(6-5-11-17-3)14-9-7-13(2)8-10-14/h7-10,15-16H,4-6,11-12H2,1-3H3. The highest BCUT2D eigenvalue weighted by molar-refractivity contribution is 7.98. The molecule has 0 aliphatic heterocycles. The first-order valence-corrected chi connectivity index (χ1v) is 7.93. The summed E-state index contributed by atoms with van der Waals surface area (Å²) in [5.41, 5.74) is 2.83. The van der Waals surface area contributed by atoms with Crippen LogP contribution in [-0.4, -0.2) is 25.1 Å². The minimum absolute atomic E-state index is 0.669. The number of rotatable bonds is 8. The molecule has 0 bridgehead atoms. The van der Waals surface area contributed by atoms with Crippen LogP contribution in [0.4, 0.5) is 0 Å². The van der Waals surface area contributed by atoms with Crippen molar-refractivity contribution < 1.29 is 0 Å². The lowest BCUT2D eigenvalue weighted by molar-refractivity contribution is 0.557. The van der Waals surface area contributed by atoms with Crippen molar-refractivity contribution in [1.29, 1.82) is 0 Å². The van der Waals surface area contributed by atoms with E-state index in [4.69, 9.17) is 0 Å². The fourth-order valence-electron chi connectivity index (χ4n) is 2.02. The molecule has 2 heteroatoms. The average molecular weight is 251 g/mol. The summed E-state index contributed by atoms with van der Waals surface area (Å²) in [7, 11) is 0. The molecule has 0 saturated carbocycles. The van der Waals surface area contributed by atoms with E-state index in [-0.39, 0.29) is 0 Å². The van der Waals surface area contributed by atoms with Crippen LogP contribution in [0.2, 0.25) is 0 Å². The zero-order valence-electron chi connectivity index (χ0n) is 11.3. The first-order chi connectivity index (χ1) is 8.27. The second-order valence-electron chi connectivity index (χ2n) is 4.55. The van der Waals surface area contributed by atoms with E-state index in [2.05, 4.69) is 49.7 Å². The minimum atomic E-state index is 0.669. The van der Waals surface area contributed by atoms with Crippen molar-refractivity contribution >= 4 is 11.8 Å². The molecule has 0 fully saturated rings. The molecule has 1 aromatic rings. The zero-order chi connectivity index (χ0) is 12.5. The summed E-state index contributed by atoms with van der Waals surface area (Å²) in [5, 5.41) is 3.48. The van der Waals surface area contributed by atoms with E-state index in [0.29, 0.717) is 5.92 Å². The van der Waals surface area contributed by atoms with Gasteiger partial charge in [-0.2, -0.15) is 11.8 Å². The summed E-state index contributed by atoms with van der Waals surface area (Å²) >= 11 is 1.94. The minimum Gasteiger partial charge on any atom is -0.316 e. The largest absolute Gasteiger partial charge is 0.316 e. The van der Waals surface area contributed by atoms with Gasteiger partial charge in [0.1, 0.15) is 0 Å². The number of aryl methyl sites for hydroxylation is 1. The maximum absolute atomic E-state index is 3.48. The molecule has 1 nitrogen and oxygen atoms in total. The third kappa shape index (κ3) is 5.60. The Bertz CT molecular complexity index is 294. The van der Waals surface area contributed by atoms with Crippen molar-refractivity contribution in [2.75, 3.05) is 25.1 Å². The van der Waals surface area contributed by atoms with E-state index in [1.807, 2.05) is 11.8 Å². The van der Waals surface area contributed by atoms with E-state index in [0.717, 1.165) is 13.1 Å². The van der Waals surface area contributed by atoms with Crippen LogP contribution in [0, 0.1) is 6.92 Å². The highest BCUT2D eigenvalue weighted by Gasteiger charge is 2.10. The van der Waals surface area contributed by atoms with Gasteiger partial charge < -0.3 is 5.32 Å². The summed E-state index contributed by atoms with van der Waals surface area (Å²) in [4.78, 5) is 0. The van der Waals surface area contributed by atoms with Crippen LogP contribution in [0.15, 0.2) is 24.3 Å². The fourth-order valence-corrected chi connectivity index (χ4v) is 2.47. The van der Waals surface area contributed by atoms with E-state index >= 15 is 0 Å². The Hall–Kier alpha value is -0.470. The van der Waals surface area contributed by atoms with Gasteiger partial charge in [-0.05, 0) is 49.8 Å². The lowest BCUT2D eigenvalue weighted by atomic mass is 9.94. The smallest absolute Gasteiger partial charge is 0.00200 e. The molecular weight excluding hydrogens is 226 g/mol. The van der Waals surface area contributed by atoms with Crippen molar-refractivity contribution in [3.05, 3.63) is 35.4 Å². The van der Waals surface area contributed by atoms with Crippen LogP contribution in [0.25, 0.3) is 0 Å². The first kappa shape index (κ1) is 14.6. The molecule has 1 atom stereocenters. The van der Waals surface area contributed by atoms with Gasteiger partial charge in [0.2, 0.25) is 0 Å². The van der Waals surface area contributed by atoms with Crippen molar-refractivity contribution in [3.8, 4) is 0 Å². The fraction of sp³-hybridized carbons (Fsp3) is 0.600. The molecule has 1 unspecified atom stereocenters. The molecule has 0 amide bonds. The number of hydrogen-bond donors (Lipinski definition) is 1. The van der Waals surface area contributed by atoms with E-state index < -0.39 is 0 Å². The predicted octanol–water partition coefficient (Wildman–Crippen LogP) is 3.83. The Morgan fingerprint density at radius 1 is 1.24 bits per heavy atom. The number of thioether (sulfide) groups is 1. The monoisotopic (exact) mass is 251 g/mol. The third-order valence-electron chi connectivity index (χ3n) is 3.09. The first-order valence-electron chi connectivity index (χ1n) is 6.54. The SMILES string of the molecule is CCNCC(CCCSC)c1ccc(C)cc1. The molecule has 0 radical (unpaired) electrons. The highest BCUT2D eigenvalue weighted by atomic mass is 32.2. The van der Waals surface area contributed by atoms with Gasteiger partial charge >= 0.3 is 0 Å². The number of likely N-dealkylation sites (N-methyl/N-ethyl adjacent to an activating group) is 1. The van der Waals surface area contributed by atoms with Gasteiger partial charge in [0.05, 0.1) is 0 Å². The van der Waals surface area contributed by atoms with Crippen LogP contribution < -0.4 is 5.32 Å². The summed E-state index contributed by atoms with van der Waals surface area (Å²) in [6.07, 6.45) is 4.78. The quantitative estimate of drug-likeness (QED) is 0.705. The molecule has 0 aliphatic rings. The second-order valence-corrected chi connectivity index (χ2v) is 5.54. The lowest BCUT2D eigenvalue weighted by Crippen LogP contribution is -2.21. The topological polar surface area (TPSA) is 12.0 Å². The van der Waals surface area contributed by atoms with Crippen LogP contribution in [-0.2, 0) is 0 Å². The summed E-state index contributed by atoms with van der Waals surface area (Å²) < 4.78 is 0. The van der Waals surface area contributed by atoms with Gasteiger partial charge in [-0.25, -0.2) is 0 Å². The normalized spacial score (nSPS) is 12.6. The van der Waals surface area contributed by atoms with Crippen LogP contribution in [0.5, 0.6) is 0 Å². The molecule has 0 aromatic heterocycles. The Kier molecular flexibility index (Phi) is 7.38. The molecule has 0 saturated heterocycles. The highest BCUT2D eigenvalue weighted by Crippen LogP contribution is 2.22. The second kappa shape index (κ2) is 8.60. The lowest BCUT2D eigenvalue weighted by Gasteiger charge is -2.18. The molecular formula is C15H25NS. The molecule has 0 heterocycles. The van der Waals surface area contributed by atoms with Gasteiger partial charge in [-0.1, -0.05) is 36.8 Å². The van der Waals surface area contributed by atoms with Crippen molar-refractivity contribution in [3.63, 3.8) is 0 Å². The summed E-state index contributed by atoms with van der Waals surface area (Å²) in [6.45, 7) is 6.49. The van der Waals surface area contributed by atoms with Gasteiger partial charge in [0, 0.05) is 6.54 Å². The van der Waals surface area contributed by atoms with Crippen LogP contribution in [0.3, 0.4) is 0 Å². The van der Waals surface area contributed by atoms with Gasteiger partial charge in [0.25, 0.3) is 0 Å². The van der Waals surface area contributed by atoms with Gasteiger partial charge in [-0.15, -0.1) is 0 Å². The zero-order valence-corrected chi connectivity index (χ0v) is 12.1. The maximum Gasteiger partial charge on any atom is 0.00200 e. The molecule has 1 N–H and O–H groups in total. The number of benzene rings is 1. The predicted molar refractivity (Wildman–Crippen MR) is 80.1 cm³/mol. The Labute approximate surface area is 110 Å². The van der Waals surface area contributed by atoms with Crippen LogP contribution >= 0.6 is 11.8 Å². The molecule has 0 spiro atoms. The van der Waals surface area contributed by atoms with Crippen molar-refractivity contribution in [1.82, 2.24) is 5.32 Å². The van der Waals surface area contributed by atoms with Gasteiger partial charge in [0.15, 0.2) is 0 Å². The molecule has 1 aromatic carbocycles. The Balaban J connectivity index is 2.57. The van der Waals surface area contributed by atoms with Crippen molar-refractivity contribution in [2.24, 2.45) is 0 Å². The Morgan fingerprint density at radius 3 is 2.53 bits per heavy atom. The number of hydrogen-bond acceptors (Lipinski definition) is 2. The van der Waals surface area contributed by atoms with E-state index in [1.54, 1.807) is 0 Å². The van der Waals surface area contributed by atoms with Crippen LogP contribution in [0.1, 0.15) is 36.8 Å². The maximum atomic E-state index is 3.48. The third-order valence-corrected chi connectivity index (χ3v) is 3.79. The van der Waals surface area contributed by atoms with E-state index in [9.17, 15) is 0 Å². The average Bonchev–Trinajstić information content (AvgIpc) is 2.35. The van der Waals surface area contributed by atoms with Gasteiger partial charge in [-0.3, -0.25) is 0 Å².